The number of benzene rings is 1. The summed E-state index contributed by atoms with van der Waals surface area (Å²) < 4.78 is 5.63. The van der Waals surface area contributed by atoms with E-state index in [0.717, 1.165) is 29.7 Å². The van der Waals surface area contributed by atoms with Crippen LogP contribution in [-0.4, -0.2) is 6.61 Å². The van der Waals surface area contributed by atoms with Gasteiger partial charge < -0.3 is 10.5 Å². The van der Waals surface area contributed by atoms with Crippen LogP contribution >= 0.6 is 0 Å². The van der Waals surface area contributed by atoms with Crippen LogP contribution in [0, 0.1) is 25.2 Å². The lowest BCUT2D eigenvalue weighted by atomic mass is 10.1. The maximum absolute atomic E-state index is 8.39. The molecule has 1 rings (SSSR count). The van der Waals surface area contributed by atoms with Crippen molar-refractivity contribution in [3.63, 3.8) is 0 Å². The maximum Gasteiger partial charge on any atom is 0.145 e. The molecule has 2 N–H and O–H groups in total. The number of hydrogen-bond acceptors (Lipinski definition) is 3. The number of nitrogens with zero attached hydrogens (tertiary/aromatic N) is 1. The van der Waals surface area contributed by atoms with Crippen LogP contribution in [-0.2, 0) is 0 Å². The number of nitriles is 1. The fourth-order valence-electron chi connectivity index (χ4n) is 1.66. The quantitative estimate of drug-likeness (QED) is 0.610. The number of hydrogen-bond donors (Lipinski definition) is 1. The molecule has 1 aromatic rings. The average Bonchev–Trinajstić information content (AvgIpc) is 2.20. The smallest absolute Gasteiger partial charge is 0.145 e. The van der Waals surface area contributed by atoms with Crippen molar-refractivity contribution in [1.82, 2.24) is 0 Å². The van der Waals surface area contributed by atoms with Crippen LogP contribution in [0.15, 0.2) is 12.1 Å². The summed E-state index contributed by atoms with van der Waals surface area (Å²) in [7, 11) is 0. The summed E-state index contributed by atoms with van der Waals surface area (Å²) >= 11 is 0. The summed E-state index contributed by atoms with van der Waals surface area (Å²) in [5.74, 6) is 0.780. The monoisotopic (exact) mass is 218 g/mol. The predicted octanol–water partition coefficient (Wildman–Crippen LogP) is 2.96. The zero-order valence-corrected chi connectivity index (χ0v) is 9.92. The van der Waals surface area contributed by atoms with Gasteiger partial charge in [-0.3, -0.25) is 0 Å². The van der Waals surface area contributed by atoms with Gasteiger partial charge in [0, 0.05) is 6.42 Å². The largest absolute Gasteiger partial charge is 0.491 e. The summed E-state index contributed by atoms with van der Waals surface area (Å²) in [5.41, 5.74) is 8.79. The summed E-state index contributed by atoms with van der Waals surface area (Å²) in [6.45, 7) is 4.63. The van der Waals surface area contributed by atoms with E-state index in [-0.39, 0.29) is 0 Å². The molecule has 3 nitrogen and oxygen atoms in total. The highest BCUT2D eigenvalue weighted by molar-refractivity contribution is 5.58. The van der Waals surface area contributed by atoms with Gasteiger partial charge in [0.05, 0.1) is 18.4 Å². The molecular weight excluding hydrogens is 200 g/mol. The van der Waals surface area contributed by atoms with Crippen LogP contribution in [0.1, 0.15) is 30.4 Å². The molecule has 0 radical (unpaired) electrons. The van der Waals surface area contributed by atoms with Crippen molar-refractivity contribution in [2.24, 2.45) is 0 Å². The fraction of sp³-hybridized carbons (Fsp3) is 0.462. The number of nitrogens with two attached hydrogens (primary N) is 1. The Morgan fingerprint density at radius 3 is 2.69 bits per heavy atom. The highest BCUT2D eigenvalue weighted by Crippen LogP contribution is 2.27. The van der Waals surface area contributed by atoms with Gasteiger partial charge in [-0.15, -0.1) is 0 Å². The zero-order valence-electron chi connectivity index (χ0n) is 9.92. The average molecular weight is 218 g/mol. The fourth-order valence-corrected chi connectivity index (χ4v) is 1.66. The molecule has 0 heterocycles. The minimum absolute atomic E-state index is 0.589. The van der Waals surface area contributed by atoms with E-state index in [1.165, 1.54) is 0 Å². The van der Waals surface area contributed by atoms with Crippen molar-refractivity contribution in [1.29, 1.82) is 5.26 Å². The van der Waals surface area contributed by atoms with Crippen LogP contribution in [0.4, 0.5) is 5.69 Å². The Morgan fingerprint density at radius 2 is 2.06 bits per heavy atom. The Bertz CT molecular complexity index is 370. The summed E-state index contributed by atoms with van der Waals surface area (Å²) in [6, 6.07) is 6.09. The second kappa shape index (κ2) is 6.02. The molecule has 0 amide bonds. The number of rotatable bonds is 5. The van der Waals surface area contributed by atoms with E-state index in [1.54, 1.807) is 0 Å². The molecule has 3 heteroatoms. The lowest BCUT2D eigenvalue weighted by Crippen LogP contribution is -2.02. The van der Waals surface area contributed by atoms with E-state index in [1.807, 2.05) is 19.9 Å². The van der Waals surface area contributed by atoms with Crippen LogP contribution in [0.3, 0.4) is 0 Å². The number of nitrogen functional groups attached to an aromatic ring is 1. The van der Waals surface area contributed by atoms with Gasteiger partial charge in [-0.1, -0.05) is 6.07 Å². The van der Waals surface area contributed by atoms with Crippen molar-refractivity contribution >= 4 is 5.69 Å². The second-order valence-corrected chi connectivity index (χ2v) is 3.96. The van der Waals surface area contributed by atoms with Gasteiger partial charge in [0.1, 0.15) is 5.75 Å². The maximum atomic E-state index is 8.39. The molecular formula is C13H18N2O. The molecule has 0 unspecified atom stereocenters. The summed E-state index contributed by atoms with van der Waals surface area (Å²) in [4.78, 5) is 0. The first-order chi connectivity index (χ1) is 7.65. The lowest BCUT2D eigenvalue weighted by Gasteiger charge is -2.12. The molecule has 0 saturated carbocycles. The van der Waals surface area contributed by atoms with Crippen molar-refractivity contribution in [3.8, 4) is 11.8 Å². The van der Waals surface area contributed by atoms with E-state index in [4.69, 9.17) is 15.7 Å². The minimum Gasteiger partial charge on any atom is -0.491 e. The number of ether oxygens (including phenoxy) is 1. The van der Waals surface area contributed by atoms with E-state index in [2.05, 4.69) is 12.1 Å². The van der Waals surface area contributed by atoms with Gasteiger partial charge in [0.2, 0.25) is 0 Å². The number of anilines is 1. The van der Waals surface area contributed by atoms with Crippen molar-refractivity contribution < 1.29 is 4.74 Å². The Balaban J connectivity index is 2.51. The van der Waals surface area contributed by atoms with Gasteiger partial charge in [0.15, 0.2) is 0 Å². The molecule has 0 bridgehead atoms. The highest BCUT2D eigenvalue weighted by Gasteiger charge is 2.05. The topological polar surface area (TPSA) is 59.0 Å². The van der Waals surface area contributed by atoms with Gasteiger partial charge in [0.25, 0.3) is 0 Å². The number of aryl methyl sites for hydroxylation is 2. The molecule has 0 fully saturated rings. The second-order valence-electron chi connectivity index (χ2n) is 3.96. The molecule has 0 saturated heterocycles. The molecule has 16 heavy (non-hydrogen) atoms. The zero-order chi connectivity index (χ0) is 12.0. The highest BCUT2D eigenvalue weighted by atomic mass is 16.5. The minimum atomic E-state index is 0.589. The van der Waals surface area contributed by atoms with Crippen molar-refractivity contribution in [2.45, 2.75) is 33.1 Å². The third-order valence-electron chi connectivity index (χ3n) is 2.38. The summed E-state index contributed by atoms with van der Waals surface area (Å²) in [5, 5.41) is 8.39. The number of unbranched alkanes of at least 4 members (excludes halogenated alkanes) is 2. The third-order valence-corrected chi connectivity index (χ3v) is 2.38. The SMILES string of the molecule is Cc1cc(C)c(OCCCCC#N)c(N)c1. The van der Waals surface area contributed by atoms with Crippen LogP contribution in [0.5, 0.6) is 5.75 Å². The molecule has 86 valence electrons. The first-order valence-electron chi connectivity index (χ1n) is 5.51. The predicted molar refractivity (Wildman–Crippen MR) is 65.3 cm³/mol. The van der Waals surface area contributed by atoms with E-state index in [9.17, 15) is 0 Å². The molecule has 0 aromatic heterocycles. The molecule has 0 spiro atoms. The first kappa shape index (κ1) is 12.4. The van der Waals surface area contributed by atoms with E-state index >= 15 is 0 Å². The Labute approximate surface area is 96.8 Å². The molecule has 0 aliphatic heterocycles. The van der Waals surface area contributed by atoms with Crippen molar-refractivity contribution in [3.05, 3.63) is 23.3 Å². The third kappa shape index (κ3) is 3.47. The van der Waals surface area contributed by atoms with Crippen LogP contribution in [0.2, 0.25) is 0 Å². The van der Waals surface area contributed by atoms with Gasteiger partial charge in [-0.2, -0.15) is 5.26 Å². The molecule has 0 atom stereocenters. The van der Waals surface area contributed by atoms with Gasteiger partial charge in [-0.25, -0.2) is 0 Å². The normalized spacial score (nSPS) is 9.81. The molecule has 1 aromatic carbocycles. The Kier molecular flexibility index (Phi) is 4.65. The summed E-state index contributed by atoms with van der Waals surface area (Å²) in [6.07, 6.45) is 2.35. The Morgan fingerprint density at radius 1 is 1.31 bits per heavy atom. The van der Waals surface area contributed by atoms with Crippen LogP contribution in [0.25, 0.3) is 0 Å². The van der Waals surface area contributed by atoms with Gasteiger partial charge in [-0.05, 0) is 43.9 Å². The molecule has 0 aliphatic carbocycles. The van der Waals surface area contributed by atoms with Gasteiger partial charge >= 0.3 is 0 Å². The standard InChI is InChI=1S/C13H18N2O/c1-10-8-11(2)13(12(15)9-10)16-7-5-3-4-6-14/h8-9H,3-5,7,15H2,1-2H3. The Hall–Kier alpha value is -1.69. The van der Waals surface area contributed by atoms with Crippen LogP contribution < -0.4 is 10.5 Å². The van der Waals surface area contributed by atoms with Crippen molar-refractivity contribution in [2.75, 3.05) is 12.3 Å². The first-order valence-corrected chi connectivity index (χ1v) is 5.51. The lowest BCUT2D eigenvalue weighted by molar-refractivity contribution is 0.307. The van der Waals surface area contributed by atoms with E-state index < -0.39 is 0 Å². The molecule has 0 aliphatic rings. The van der Waals surface area contributed by atoms with E-state index in [0.29, 0.717) is 18.7 Å².